The zero-order valence-corrected chi connectivity index (χ0v) is 11.6. The van der Waals surface area contributed by atoms with E-state index in [9.17, 15) is 0 Å². The van der Waals surface area contributed by atoms with Gasteiger partial charge < -0.3 is 10.6 Å². The molecule has 0 aliphatic carbocycles. The maximum atomic E-state index is 5.62. The molecule has 0 aromatic carbocycles. The van der Waals surface area contributed by atoms with Gasteiger partial charge in [-0.25, -0.2) is 0 Å². The van der Waals surface area contributed by atoms with E-state index in [4.69, 9.17) is 18.0 Å². The fourth-order valence-electron chi connectivity index (χ4n) is 2.75. The number of likely N-dealkylation sites (tertiary alicyclic amines) is 1. The largest absolute Gasteiger partial charge is 0.393 e. The van der Waals surface area contributed by atoms with Gasteiger partial charge in [0.25, 0.3) is 0 Å². The average molecular weight is 242 g/mol. The van der Waals surface area contributed by atoms with Crippen LogP contribution in [-0.2, 0) is 0 Å². The van der Waals surface area contributed by atoms with Crippen molar-refractivity contribution in [3.8, 4) is 0 Å². The van der Waals surface area contributed by atoms with Crippen LogP contribution in [0.2, 0.25) is 0 Å². The molecule has 0 spiro atoms. The van der Waals surface area contributed by atoms with Gasteiger partial charge in [0, 0.05) is 12.5 Å². The minimum absolute atomic E-state index is 0.526. The number of hydrogen-bond acceptors (Lipinski definition) is 2. The van der Waals surface area contributed by atoms with Crippen LogP contribution in [0.15, 0.2) is 0 Å². The van der Waals surface area contributed by atoms with Crippen molar-refractivity contribution in [2.75, 3.05) is 13.1 Å². The van der Waals surface area contributed by atoms with Crippen molar-refractivity contribution in [1.29, 1.82) is 0 Å². The molecule has 0 bridgehead atoms. The van der Waals surface area contributed by atoms with Crippen molar-refractivity contribution in [3.05, 3.63) is 0 Å². The summed E-state index contributed by atoms with van der Waals surface area (Å²) in [7, 11) is 0. The van der Waals surface area contributed by atoms with Gasteiger partial charge in [-0.05, 0) is 45.2 Å². The monoisotopic (exact) mass is 242 g/mol. The third-order valence-electron chi connectivity index (χ3n) is 3.70. The first-order chi connectivity index (χ1) is 7.63. The second kappa shape index (κ2) is 7.23. The van der Waals surface area contributed by atoms with Crippen LogP contribution in [0.5, 0.6) is 0 Å². The minimum Gasteiger partial charge on any atom is -0.393 e. The Balaban J connectivity index is 2.37. The number of nitrogens with zero attached hydrogens (tertiary/aromatic N) is 1. The lowest BCUT2D eigenvalue weighted by Gasteiger charge is -2.27. The Hall–Kier alpha value is -0.150. The van der Waals surface area contributed by atoms with Gasteiger partial charge in [-0.15, -0.1) is 0 Å². The zero-order valence-electron chi connectivity index (χ0n) is 10.7. The van der Waals surface area contributed by atoms with Gasteiger partial charge in [-0.1, -0.05) is 32.0 Å². The van der Waals surface area contributed by atoms with Gasteiger partial charge in [0.1, 0.15) is 0 Å². The Bertz CT molecular complexity index is 218. The molecule has 0 amide bonds. The molecule has 1 rings (SSSR count). The Morgan fingerprint density at radius 2 is 2.19 bits per heavy atom. The van der Waals surface area contributed by atoms with Gasteiger partial charge in [-0.2, -0.15) is 0 Å². The molecule has 1 saturated heterocycles. The van der Waals surface area contributed by atoms with Crippen LogP contribution in [0.1, 0.15) is 52.4 Å². The first-order valence-electron chi connectivity index (χ1n) is 6.65. The number of nitrogens with two attached hydrogens (primary N) is 1. The van der Waals surface area contributed by atoms with Gasteiger partial charge in [0.15, 0.2) is 0 Å². The van der Waals surface area contributed by atoms with E-state index < -0.39 is 0 Å². The predicted molar refractivity (Wildman–Crippen MR) is 74.7 cm³/mol. The summed E-state index contributed by atoms with van der Waals surface area (Å²) in [6.45, 7) is 7.00. The van der Waals surface area contributed by atoms with Crippen LogP contribution in [0.4, 0.5) is 0 Å². The Morgan fingerprint density at radius 1 is 1.44 bits per heavy atom. The Labute approximate surface area is 106 Å². The zero-order chi connectivity index (χ0) is 12.0. The second-order valence-electron chi connectivity index (χ2n) is 5.14. The first kappa shape index (κ1) is 13.9. The van der Waals surface area contributed by atoms with E-state index in [1.165, 1.54) is 45.2 Å². The standard InChI is InChI=1S/C13H26N2S/c1-3-5-12-6-4-8-15(9-7-12)11(2)10-13(14)16/h11-12H,3-10H2,1-2H3,(H2,14,16). The number of hydrogen-bond donors (Lipinski definition) is 1. The smallest absolute Gasteiger partial charge is 0.0742 e. The molecule has 2 atom stereocenters. The van der Waals surface area contributed by atoms with Crippen LogP contribution in [0, 0.1) is 5.92 Å². The maximum Gasteiger partial charge on any atom is 0.0742 e. The third-order valence-corrected chi connectivity index (χ3v) is 3.87. The Kier molecular flexibility index (Phi) is 6.29. The van der Waals surface area contributed by atoms with Crippen LogP contribution >= 0.6 is 12.2 Å². The van der Waals surface area contributed by atoms with E-state index in [1.54, 1.807) is 0 Å². The van der Waals surface area contributed by atoms with Gasteiger partial charge in [-0.3, -0.25) is 0 Å². The molecule has 2 unspecified atom stereocenters. The summed E-state index contributed by atoms with van der Waals surface area (Å²) >= 11 is 4.99. The Morgan fingerprint density at radius 3 is 2.81 bits per heavy atom. The molecule has 1 fully saturated rings. The molecule has 16 heavy (non-hydrogen) atoms. The van der Waals surface area contributed by atoms with Gasteiger partial charge in [0.05, 0.1) is 4.99 Å². The molecule has 0 radical (unpaired) electrons. The number of rotatable bonds is 5. The predicted octanol–water partition coefficient (Wildman–Crippen LogP) is 2.95. The fraction of sp³-hybridized carbons (Fsp3) is 0.923. The fourth-order valence-corrected chi connectivity index (χ4v) is 2.99. The summed E-state index contributed by atoms with van der Waals surface area (Å²) in [6, 6.07) is 0.526. The average Bonchev–Trinajstić information content (AvgIpc) is 2.43. The van der Waals surface area contributed by atoms with E-state index in [1.807, 2.05) is 0 Å². The SMILES string of the molecule is CCCC1CCCN(C(C)CC(N)=S)CC1. The number of thiocarbonyl (C=S) groups is 1. The highest BCUT2D eigenvalue weighted by atomic mass is 32.1. The summed E-state index contributed by atoms with van der Waals surface area (Å²) < 4.78 is 0. The highest BCUT2D eigenvalue weighted by molar-refractivity contribution is 7.80. The topological polar surface area (TPSA) is 29.3 Å². The minimum atomic E-state index is 0.526. The lowest BCUT2D eigenvalue weighted by Crippen LogP contribution is -2.36. The molecular weight excluding hydrogens is 216 g/mol. The molecule has 94 valence electrons. The molecule has 0 aromatic heterocycles. The molecule has 0 aromatic rings. The maximum absolute atomic E-state index is 5.62. The lowest BCUT2D eigenvalue weighted by atomic mass is 9.96. The summed E-state index contributed by atoms with van der Waals surface area (Å²) in [4.78, 5) is 3.22. The highest BCUT2D eigenvalue weighted by Crippen LogP contribution is 2.23. The normalized spacial score (nSPS) is 25.0. The van der Waals surface area contributed by atoms with Gasteiger partial charge >= 0.3 is 0 Å². The van der Waals surface area contributed by atoms with Crippen LogP contribution < -0.4 is 5.73 Å². The molecule has 2 N–H and O–H groups in total. The quantitative estimate of drug-likeness (QED) is 0.752. The van der Waals surface area contributed by atoms with Crippen LogP contribution in [-0.4, -0.2) is 29.0 Å². The first-order valence-corrected chi connectivity index (χ1v) is 7.06. The molecular formula is C13H26N2S. The molecule has 1 heterocycles. The van der Waals surface area contributed by atoms with Crippen LogP contribution in [0.3, 0.4) is 0 Å². The molecule has 2 nitrogen and oxygen atoms in total. The molecule has 1 aliphatic heterocycles. The summed E-state index contributed by atoms with van der Waals surface area (Å²) in [6.07, 6.45) is 7.70. The summed E-state index contributed by atoms with van der Waals surface area (Å²) in [5, 5.41) is 0. The van der Waals surface area contributed by atoms with Crippen molar-refractivity contribution < 1.29 is 0 Å². The van der Waals surface area contributed by atoms with E-state index in [0.717, 1.165) is 12.3 Å². The lowest BCUT2D eigenvalue weighted by molar-refractivity contribution is 0.218. The van der Waals surface area contributed by atoms with E-state index in [-0.39, 0.29) is 0 Å². The van der Waals surface area contributed by atoms with Crippen molar-refractivity contribution >= 4 is 17.2 Å². The van der Waals surface area contributed by atoms with Crippen molar-refractivity contribution in [1.82, 2.24) is 4.90 Å². The van der Waals surface area contributed by atoms with E-state index in [0.29, 0.717) is 11.0 Å². The molecule has 3 heteroatoms. The summed E-state index contributed by atoms with van der Waals surface area (Å²) in [5.74, 6) is 0.951. The molecule has 1 aliphatic rings. The molecule has 0 saturated carbocycles. The second-order valence-corrected chi connectivity index (χ2v) is 5.67. The van der Waals surface area contributed by atoms with E-state index >= 15 is 0 Å². The summed E-state index contributed by atoms with van der Waals surface area (Å²) in [5.41, 5.74) is 5.62. The third kappa shape index (κ3) is 4.79. The van der Waals surface area contributed by atoms with Crippen molar-refractivity contribution in [3.63, 3.8) is 0 Å². The van der Waals surface area contributed by atoms with Gasteiger partial charge in [0.2, 0.25) is 0 Å². The highest BCUT2D eigenvalue weighted by Gasteiger charge is 2.20. The van der Waals surface area contributed by atoms with E-state index in [2.05, 4.69) is 18.7 Å². The van der Waals surface area contributed by atoms with Crippen molar-refractivity contribution in [2.45, 2.75) is 58.4 Å². The van der Waals surface area contributed by atoms with Crippen LogP contribution in [0.25, 0.3) is 0 Å². The van der Waals surface area contributed by atoms with Crippen molar-refractivity contribution in [2.24, 2.45) is 11.7 Å².